The van der Waals surface area contributed by atoms with Gasteiger partial charge in [-0.1, -0.05) is 147 Å². The quantitative estimate of drug-likeness (QED) is 0.190. The lowest BCUT2D eigenvalue weighted by Gasteiger charge is -2.25. The molecule has 1 aliphatic rings. The standard InChI is InChI=1S/C48H33N3/c1-48(2)41-27-24-30-13-6-7-16-32(30)45(41)40-21-10-20-38(46(40)48)35-25-26-39(34-18-9-8-17-33(34)35)47-50-43(31-14-4-3-5-15-31)29-44(51-47)37-19-11-23-42-36(37)22-12-28-49-42/h3-29H,1-2H3. The van der Waals surface area contributed by atoms with Crippen molar-refractivity contribution in [2.45, 2.75) is 19.3 Å². The molecule has 0 unspecified atom stereocenters. The molecule has 0 amide bonds. The highest BCUT2D eigenvalue weighted by Gasteiger charge is 2.38. The van der Waals surface area contributed by atoms with Crippen molar-refractivity contribution in [2.24, 2.45) is 0 Å². The fourth-order valence-corrected chi connectivity index (χ4v) is 8.39. The Kier molecular flexibility index (Phi) is 6.53. The van der Waals surface area contributed by atoms with Gasteiger partial charge in [0.05, 0.1) is 16.9 Å². The van der Waals surface area contributed by atoms with Crippen molar-refractivity contribution in [3.05, 3.63) is 175 Å². The number of hydrogen-bond donors (Lipinski definition) is 0. The van der Waals surface area contributed by atoms with Crippen LogP contribution in [-0.2, 0) is 5.41 Å². The van der Waals surface area contributed by atoms with Crippen molar-refractivity contribution in [3.8, 4) is 56.2 Å². The van der Waals surface area contributed by atoms with Gasteiger partial charge in [0.1, 0.15) is 0 Å². The molecule has 10 rings (SSSR count). The first-order chi connectivity index (χ1) is 25.1. The summed E-state index contributed by atoms with van der Waals surface area (Å²) in [5.74, 6) is 0.701. The first-order valence-electron chi connectivity index (χ1n) is 17.5. The van der Waals surface area contributed by atoms with Crippen LogP contribution in [0.3, 0.4) is 0 Å². The third-order valence-corrected chi connectivity index (χ3v) is 10.7. The van der Waals surface area contributed by atoms with Crippen molar-refractivity contribution < 1.29 is 0 Å². The maximum atomic E-state index is 5.30. The molecular formula is C48H33N3. The summed E-state index contributed by atoms with van der Waals surface area (Å²) in [4.78, 5) is 15.2. The fourth-order valence-electron chi connectivity index (χ4n) is 8.39. The molecule has 2 aromatic heterocycles. The van der Waals surface area contributed by atoms with Crippen LogP contribution in [-0.4, -0.2) is 15.0 Å². The second kappa shape index (κ2) is 11.3. The third-order valence-electron chi connectivity index (χ3n) is 10.7. The largest absolute Gasteiger partial charge is 0.256 e. The first kappa shape index (κ1) is 29.5. The summed E-state index contributed by atoms with van der Waals surface area (Å²) in [6.07, 6.45) is 1.84. The predicted molar refractivity (Wildman–Crippen MR) is 212 cm³/mol. The average molecular weight is 652 g/mol. The van der Waals surface area contributed by atoms with Gasteiger partial charge in [-0.25, -0.2) is 9.97 Å². The molecule has 0 N–H and O–H groups in total. The summed E-state index contributed by atoms with van der Waals surface area (Å²) in [5, 5.41) is 5.97. The van der Waals surface area contributed by atoms with Gasteiger partial charge in [0.25, 0.3) is 0 Å². The third kappa shape index (κ3) is 4.55. The molecule has 2 heterocycles. The van der Waals surface area contributed by atoms with E-state index in [0.29, 0.717) is 5.82 Å². The Morgan fingerprint density at radius 1 is 0.451 bits per heavy atom. The van der Waals surface area contributed by atoms with E-state index in [9.17, 15) is 0 Å². The minimum Gasteiger partial charge on any atom is -0.256 e. The van der Waals surface area contributed by atoms with Crippen LogP contribution in [0.1, 0.15) is 25.0 Å². The molecule has 240 valence electrons. The minimum absolute atomic E-state index is 0.166. The Labute approximate surface area is 297 Å². The SMILES string of the molecule is CC1(C)c2ccc3ccccc3c2-c2cccc(-c3ccc(-c4nc(-c5ccccc5)cc(-c5cccc6ncccc56)n4)c4ccccc34)c21. The number of pyridine rings is 1. The molecule has 0 aliphatic heterocycles. The van der Waals surface area contributed by atoms with Gasteiger partial charge in [-0.3, -0.25) is 4.98 Å². The number of aromatic nitrogens is 3. The molecule has 0 saturated carbocycles. The van der Waals surface area contributed by atoms with E-state index in [1.807, 2.05) is 24.4 Å². The van der Waals surface area contributed by atoms with Crippen molar-refractivity contribution in [3.63, 3.8) is 0 Å². The second-order valence-corrected chi connectivity index (χ2v) is 14.0. The van der Waals surface area contributed by atoms with Crippen LogP contribution < -0.4 is 0 Å². The Morgan fingerprint density at radius 2 is 1.12 bits per heavy atom. The van der Waals surface area contributed by atoms with Gasteiger partial charge in [0.15, 0.2) is 5.82 Å². The smallest absolute Gasteiger partial charge is 0.161 e. The molecule has 0 fully saturated rings. The number of nitrogens with zero attached hydrogens (tertiary/aromatic N) is 3. The van der Waals surface area contributed by atoms with E-state index in [1.165, 1.54) is 49.5 Å². The van der Waals surface area contributed by atoms with Crippen molar-refractivity contribution in [1.29, 1.82) is 0 Å². The van der Waals surface area contributed by atoms with E-state index in [1.54, 1.807) is 0 Å². The number of hydrogen-bond acceptors (Lipinski definition) is 3. The highest BCUT2D eigenvalue weighted by molar-refractivity contribution is 6.08. The zero-order valence-corrected chi connectivity index (χ0v) is 28.4. The summed E-state index contributed by atoms with van der Waals surface area (Å²) < 4.78 is 0. The van der Waals surface area contributed by atoms with Crippen LogP contribution >= 0.6 is 0 Å². The highest BCUT2D eigenvalue weighted by Crippen LogP contribution is 2.55. The molecule has 9 aromatic rings. The van der Waals surface area contributed by atoms with Crippen LogP contribution in [0.2, 0.25) is 0 Å². The zero-order valence-electron chi connectivity index (χ0n) is 28.4. The molecule has 51 heavy (non-hydrogen) atoms. The minimum atomic E-state index is -0.166. The summed E-state index contributed by atoms with van der Waals surface area (Å²) in [6, 6.07) is 56.3. The summed E-state index contributed by atoms with van der Waals surface area (Å²) in [6.45, 7) is 4.75. The molecule has 0 saturated heterocycles. The molecule has 3 nitrogen and oxygen atoms in total. The molecule has 0 bridgehead atoms. The van der Waals surface area contributed by atoms with E-state index in [2.05, 4.69) is 158 Å². The maximum absolute atomic E-state index is 5.30. The van der Waals surface area contributed by atoms with Gasteiger partial charge in [-0.05, 0) is 79.2 Å². The summed E-state index contributed by atoms with van der Waals surface area (Å²) in [5.41, 5.74) is 13.6. The summed E-state index contributed by atoms with van der Waals surface area (Å²) >= 11 is 0. The average Bonchev–Trinajstić information content (AvgIpc) is 3.43. The van der Waals surface area contributed by atoms with Crippen LogP contribution in [0.15, 0.2) is 164 Å². The molecule has 7 aromatic carbocycles. The lowest BCUT2D eigenvalue weighted by atomic mass is 9.78. The molecule has 0 radical (unpaired) electrons. The summed E-state index contributed by atoms with van der Waals surface area (Å²) in [7, 11) is 0. The number of fused-ring (bicyclic) bond motifs is 7. The number of benzene rings is 7. The van der Waals surface area contributed by atoms with Crippen LogP contribution in [0.25, 0.3) is 88.6 Å². The molecule has 0 spiro atoms. The van der Waals surface area contributed by atoms with E-state index in [4.69, 9.17) is 9.97 Å². The Morgan fingerprint density at radius 3 is 1.98 bits per heavy atom. The Hall–Kier alpha value is -6.45. The van der Waals surface area contributed by atoms with Gasteiger partial charge in [0.2, 0.25) is 0 Å². The molecule has 0 atom stereocenters. The number of rotatable bonds is 4. The van der Waals surface area contributed by atoms with Crippen LogP contribution in [0.4, 0.5) is 0 Å². The monoisotopic (exact) mass is 651 g/mol. The highest BCUT2D eigenvalue weighted by atomic mass is 14.9. The lowest BCUT2D eigenvalue weighted by molar-refractivity contribution is 0.662. The zero-order chi connectivity index (χ0) is 34.1. The van der Waals surface area contributed by atoms with Crippen molar-refractivity contribution in [1.82, 2.24) is 15.0 Å². The molecule has 1 aliphatic carbocycles. The van der Waals surface area contributed by atoms with Crippen molar-refractivity contribution in [2.75, 3.05) is 0 Å². The van der Waals surface area contributed by atoms with Gasteiger partial charge < -0.3 is 0 Å². The Balaban J connectivity index is 1.20. The topological polar surface area (TPSA) is 38.7 Å². The predicted octanol–water partition coefficient (Wildman–Crippen LogP) is 12.3. The van der Waals surface area contributed by atoms with Crippen LogP contribution in [0, 0.1) is 0 Å². The van der Waals surface area contributed by atoms with Gasteiger partial charge in [-0.15, -0.1) is 0 Å². The second-order valence-electron chi connectivity index (χ2n) is 14.0. The van der Waals surface area contributed by atoms with Gasteiger partial charge in [0, 0.05) is 33.7 Å². The maximum Gasteiger partial charge on any atom is 0.161 e. The van der Waals surface area contributed by atoms with Gasteiger partial charge in [-0.2, -0.15) is 0 Å². The van der Waals surface area contributed by atoms with Crippen LogP contribution in [0.5, 0.6) is 0 Å². The van der Waals surface area contributed by atoms with E-state index in [0.717, 1.165) is 44.4 Å². The molecular weight excluding hydrogens is 619 g/mol. The van der Waals surface area contributed by atoms with E-state index < -0.39 is 0 Å². The van der Waals surface area contributed by atoms with E-state index >= 15 is 0 Å². The van der Waals surface area contributed by atoms with Gasteiger partial charge >= 0.3 is 0 Å². The Bertz CT molecular complexity index is 2830. The fraction of sp³-hybridized carbons (Fsp3) is 0.0625. The van der Waals surface area contributed by atoms with Crippen molar-refractivity contribution >= 4 is 32.4 Å². The first-order valence-corrected chi connectivity index (χ1v) is 17.5. The lowest BCUT2D eigenvalue weighted by Crippen LogP contribution is -2.16. The normalized spacial score (nSPS) is 13.1. The van der Waals surface area contributed by atoms with E-state index in [-0.39, 0.29) is 5.41 Å². The molecule has 3 heteroatoms.